The van der Waals surface area contributed by atoms with Crippen LogP contribution in [0.25, 0.3) is 0 Å². The first kappa shape index (κ1) is 12.0. The quantitative estimate of drug-likeness (QED) is 0.627. The molecule has 1 nitrogen and oxygen atoms in total. The number of hydrogen-bond acceptors (Lipinski definition) is 1. The molecular formula is C17H23N. The molecule has 1 aliphatic heterocycles. The predicted molar refractivity (Wildman–Crippen MR) is 77.1 cm³/mol. The third-order valence-electron chi connectivity index (χ3n) is 4.24. The summed E-state index contributed by atoms with van der Waals surface area (Å²) in [5.41, 5.74) is 6.49. The van der Waals surface area contributed by atoms with Gasteiger partial charge in [-0.3, -0.25) is 0 Å². The monoisotopic (exact) mass is 241 g/mol. The van der Waals surface area contributed by atoms with Crippen LogP contribution in [-0.4, -0.2) is 18.5 Å². The molecule has 0 radical (unpaired) electrons. The third-order valence-corrected chi connectivity index (χ3v) is 4.24. The van der Waals surface area contributed by atoms with Gasteiger partial charge in [0.2, 0.25) is 0 Å². The highest BCUT2D eigenvalue weighted by Crippen LogP contribution is 2.38. The van der Waals surface area contributed by atoms with E-state index in [0.717, 1.165) is 13.0 Å². The van der Waals surface area contributed by atoms with Crippen molar-refractivity contribution in [2.24, 2.45) is 0 Å². The molecule has 1 aromatic carbocycles. The Balaban J connectivity index is 2.16. The van der Waals surface area contributed by atoms with Crippen LogP contribution in [0.2, 0.25) is 0 Å². The highest BCUT2D eigenvalue weighted by atomic mass is 15.1. The Hall–Kier alpha value is -1.08. The van der Waals surface area contributed by atoms with Crippen molar-refractivity contribution in [3.8, 4) is 0 Å². The van der Waals surface area contributed by atoms with Gasteiger partial charge in [-0.15, -0.1) is 0 Å². The summed E-state index contributed by atoms with van der Waals surface area (Å²) in [7, 11) is 2.23. The predicted octanol–water partition coefficient (Wildman–Crippen LogP) is 3.63. The summed E-state index contributed by atoms with van der Waals surface area (Å²) in [4.78, 5) is 2.44. The van der Waals surface area contributed by atoms with Crippen LogP contribution in [0.3, 0.4) is 0 Å². The Morgan fingerprint density at radius 3 is 2.61 bits per heavy atom. The van der Waals surface area contributed by atoms with Gasteiger partial charge < -0.3 is 4.90 Å². The zero-order chi connectivity index (χ0) is 12.9. The third kappa shape index (κ3) is 1.91. The average molecular weight is 241 g/mol. The van der Waals surface area contributed by atoms with Gasteiger partial charge in [0, 0.05) is 19.0 Å². The largest absolute Gasteiger partial charge is 0.301 e. The van der Waals surface area contributed by atoms with Crippen LogP contribution >= 0.6 is 0 Å². The van der Waals surface area contributed by atoms with E-state index in [1.807, 2.05) is 0 Å². The zero-order valence-corrected chi connectivity index (χ0v) is 12.0. The van der Waals surface area contributed by atoms with E-state index in [1.54, 1.807) is 16.7 Å². The molecule has 0 bridgehead atoms. The number of allylic oxidation sites excluding steroid dienone is 1. The summed E-state index contributed by atoms with van der Waals surface area (Å²) in [6.07, 6.45) is 5.87. The smallest absolute Gasteiger partial charge is 0.0234 e. The van der Waals surface area contributed by atoms with Crippen molar-refractivity contribution >= 4 is 0 Å². The molecule has 1 aromatic rings. The summed E-state index contributed by atoms with van der Waals surface area (Å²) in [6.45, 7) is 9.21. The van der Waals surface area contributed by atoms with Crippen molar-refractivity contribution in [3.05, 3.63) is 46.5 Å². The lowest BCUT2D eigenvalue weighted by Crippen LogP contribution is -2.32. The van der Waals surface area contributed by atoms with Crippen LogP contribution < -0.4 is 0 Å². The first-order valence-corrected chi connectivity index (χ1v) is 6.96. The van der Waals surface area contributed by atoms with Crippen LogP contribution in [0.5, 0.6) is 0 Å². The Morgan fingerprint density at radius 2 is 1.89 bits per heavy atom. The molecule has 18 heavy (non-hydrogen) atoms. The lowest BCUT2D eigenvalue weighted by molar-refractivity contribution is 0.295. The van der Waals surface area contributed by atoms with E-state index in [0.29, 0.717) is 5.92 Å². The molecule has 1 unspecified atom stereocenters. The topological polar surface area (TPSA) is 3.24 Å². The van der Waals surface area contributed by atoms with Gasteiger partial charge in [0.1, 0.15) is 0 Å². The number of nitrogens with zero attached hydrogens (tertiary/aromatic N) is 1. The van der Waals surface area contributed by atoms with E-state index >= 15 is 0 Å². The number of likely N-dealkylation sites (N-methyl/N-ethyl adjacent to an activating group) is 1. The zero-order valence-electron chi connectivity index (χ0n) is 12.0. The molecule has 0 N–H and O–H groups in total. The Bertz CT molecular complexity index is 505. The fourth-order valence-electron chi connectivity index (χ4n) is 3.29. The van der Waals surface area contributed by atoms with E-state index in [4.69, 9.17) is 0 Å². The molecule has 1 heteroatoms. The summed E-state index contributed by atoms with van der Waals surface area (Å²) < 4.78 is 0. The molecule has 0 fully saturated rings. The maximum absolute atomic E-state index is 2.45. The van der Waals surface area contributed by atoms with Gasteiger partial charge in [-0.05, 0) is 41.1 Å². The summed E-state index contributed by atoms with van der Waals surface area (Å²) >= 11 is 0. The maximum atomic E-state index is 2.45. The molecule has 1 atom stereocenters. The average Bonchev–Trinajstić information content (AvgIpc) is 2.27. The SMILES string of the molecule is CN1Cc2cc(C(C)(C)C)cc3c2C(C=CC3)C1. The van der Waals surface area contributed by atoms with Crippen LogP contribution in [0.15, 0.2) is 24.3 Å². The second kappa shape index (κ2) is 3.96. The van der Waals surface area contributed by atoms with Crippen LogP contribution in [0.1, 0.15) is 48.9 Å². The lowest BCUT2D eigenvalue weighted by atomic mass is 9.77. The molecule has 3 rings (SSSR count). The molecule has 0 saturated heterocycles. The number of benzene rings is 1. The normalized spacial score (nSPS) is 23.0. The Kier molecular flexibility index (Phi) is 2.63. The van der Waals surface area contributed by atoms with Crippen molar-refractivity contribution in [2.45, 2.75) is 45.1 Å². The number of hydrogen-bond donors (Lipinski definition) is 0. The van der Waals surface area contributed by atoms with Crippen molar-refractivity contribution < 1.29 is 0 Å². The Morgan fingerprint density at radius 1 is 1.17 bits per heavy atom. The van der Waals surface area contributed by atoms with Crippen molar-refractivity contribution in [3.63, 3.8) is 0 Å². The molecule has 1 heterocycles. The second-order valence-electron chi connectivity index (χ2n) is 6.89. The van der Waals surface area contributed by atoms with E-state index in [9.17, 15) is 0 Å². The second-order valence-corrected chi connectivity index (χ2v) is 6.89. The first-order chi connectivity index (χ1) is 8.45. The molecule has 0 aromatic heterocycles. The summed E-state index contributed by atoms with van der Waals surface area (Å²) in [5.74, 6) is 0.622. The van der Waals surface area contributed by atoms with Gasteiger partial charge in [-0.25, -0.2) is 0 Å². The molecule has 0 amide bonds. The highest BCUT2D eigenvalue weighted by molar-refractivity contribution is 5.49. The van der Waals surface area contributed by atoms with Crippen molar-refractivity contribution in [1.29, 1.82) is 0 Å². The molecule has 2 aliphatic rings. The van der Waals surface area contributed by atoms with Crippen LogP contribution in [0, 0.1) is 0 Å². The Labute approximate surface area is 111 Å². The van der Waals surface area contributed by atoms with Gasteiger partial charge in [0.05, 0.1) is 0 Å². The van der Waals surface area contributed by atoms with Crippen LogP contribution in [0.4, 0.5) is 0 Å². The highest BCUT2D eigenvalue weighted by Gasteiger charge is 2.28. The van der Waals surface area contributed by atoms with Crippen molar-refractivity contribution in [2.75, 3.05) is 13.6 Å². The minimum atomic E-state index is 0.248. The van der Waals surface area contributed by atoms with Gasteiger partial charge in [-0.2, -0.15) is 0 Å². The standard InChI is InChI=1S/C17H23N/c1-17(2,3)15-8-12-6-5-7-13-10-18(4)11-14(9-15)16(12)13/h5,7-9,13H,6,10-11H2,1-4H3. The summed E-state index contributed by atoms with van der Waals surface area (Å²) in [5, 5.41) is 0. The molecule has 96 valence electrons. The van der Waals surface area contributed by atoms with Gasteiger partial charge >= 0.3 is 0 Å². The molecule has 0 saturated carbocycles. The van der Waals surface area contributed by atoms with Gasteiger partial charge in [0.15, 0.2) is 0 Å². The lowest BCUT2D eigenvalue weighted by Gasteiger charge is -2.36. The fourth-order valence-corrected chi connectivity index (χ4v) is 3.29. The summed E-state index contributed by atoms with van der Waals surface area (Å²) in [6, 6.07) is 4.89. The minimum absolute atomic E-state index is 0.248. The first-order valence-electron chi connectivity index (χ1n) is 6.96. The van der Waals surface area contributed by atoms with E-state index in [-0.39, 0.29) is 5.41 Å². The van der Waals surface area contributed by atoms with E-state index in [2.05, 4.69) is 57.0 Å². The maximum Gasteiger partial charge on any atom is 0.0234 e. The van der Waals surface area contributed by atoms with E-state index < -0.39 is 0 Å². The fraction of sp³-hybridized carbons (Fsp3) is 0.529. The van der Waals surface area contributed by atoms with Gasteiger partial charge in [0.25, 0.3) is 0 Å². The van der Waals surface area contributed by atoms with E-state index in [1.165, 1.54) is 12.1 Å². The molecule has 1 aliphatic carbocycles. The number of rotatable bonds is 0. The molecular weight excluding hydrogens is 218 g/mol. The van der Waals surface area contributed by atoms with Gasteiger partial charge in [-0.1, -0.05) is 45.1 Å². The van der Waals surface area contributed by atoms with Crippen molar-refractivity contribution in [1.82, 2.24) is 4.90 Å². The minimum Gasteiger partial charge on any atom is -0.301 e. The van der Waals surface area contributed by atoms with Crippen LogP contribution in [-0.2, 0) is 18.4 Å². The molecule has 0 spiro atoms.